The zero-order valence-corrected chi connectivity index (χ0v) is 26.5. The maximum Gasteiger partial charge on any atom is 0.259 e. The van der Waals surface area contributed by atoms with Gasteiger partial charge in [0, 0.05) is 17.9 Å². The van der Waals surface area contributed by atoms with Crippen LogP contribution in [0.15, 0.2) is 133 Å². The Kier molecular flexibility index (Phi) is 10.4. The molecule has 1 atom stereocenters. The monoisotopic (exact) mass is 635 g/mol. The predicted octanol–water partition coefficient (Wildman–Crippen LogP) is 7.86. The van der Waals surface area contributed by atoms with Gasteiger partial charge in [-0.1, -0.05) is 109 Å². The van der Waals surface area contributed by atoms with E-state index in [0.29, 0.717) is 48.7 Å². The number of anilines is 2. The van der Waals surface area contributed by atoms with Crippen LogP contribution in [0.4, 0.5) is 11.4 Å². The second-order valence-corrected chi connectivity index (χ2v) is 11.7. The lowest BCUT2D eigenvalue weighted by molar-refractivity contribution is -0.136. The van der Waals surface area contributed by atoms with Crippen molar-refractivity contribution in [2.24, 2.45) is 0 Å². The summed E-state index contributed by atoms with van der Waals surface area (Å²) in [6, 6.07) is 41.4. The van der Waals surface area contributed by atoms with Crippen molar-refractivity contribution < 1.29 is 19.1 Å². The van der Waals surface area contributed by atoms with E-state index in [9.17, 15) is 14.4 Å². The molecule has 1 saturated heterocycles. The van der Waals surface area contributed by atoms with E-state index in [0.717, 1.165) is 28.7 Å². The molecule has 6 rings (SSSR count). The van der Waals surface area contributed by atoms with E-state index in [4.69, 9.17) is 4.74 Å². The van der Waals surface area contributed by atoms with Crippen LogP contribution in [0, 0.1) is 0 Å². The van der Waals surface area contributed by atoms with Crippen molar-refractivity contribution in [2.75, 3.05) is 17.2 Å². The minimum Gasteiger partial charge on any atom is -0.488 e. The average Bonchev–Trinajstić information content (AvgIpc) is 3.63. The third-order valence-electron chi connectivity index (χ3n) is 8.26. The van der Waals surface area contributed by atoms with Crippen molar-refractivity contribution in [1.82, 2.24) is 4.90 Å². The summed E-state index contributed by atoms with van der Waals surface area (Å²) < 4.78 is 5.95. The molecule has 0 unspecified atom stereocenters. The molecule has 7 heteroatoms. The van der Waals surface area contributed by atoms with Crippen molar-refractivity contribution >= 4 is 41.2 Å². The number of hydrogen-bond acceptors (Lipinski definition) is 4. The number of nitrogens with zero attached hydrogens (tertiary/aromatic N) is 1. The second-order valence-electron chi connectivity index (χ2n) is 11.7. The minimum atomic E-state index is -0.462. The molecule has 1 heterocycles. The fourth-order valence-corrected chi connectivity index (χ4v) is 5.70. The summed E-state index contributed by atoms with van der Waals surface area (Å²) in [5.41, 5.74) is 5.75. The number of nitrogens with one attached hydrogen (secondary N) is 2. The highest BCUT2D eigenvalue weighted by atomic mass is 16.5. The Hall–Kier alpha value is -5.95. The molecule has 1 aliphatic rings. The first-order valence-corrected chi connectivity index (χ1v) is 16.1. The van der Waals surface area contributed by atoms with Gasteiger partial charge in [-0.25, -0.2) is 0 Å². The van der Waals surface area contributed by atoms with E-state index in [1.54, 1.807) is 17.0 Å². The first-order chi connectivity index (χ1) is 23.5. The molecule has 0 spiro atoms. The molecule has 5 aromatic rings. The van der Waals surface area contributed by atoms with E-state index in [-0.39, 0.29) is 17.7 Å². The fraction of sp³-hybridized carbons (Fsp3) is 0.146. The quantitative estimate of drug-likeness (QED) is 0.145. The van der Waals surface area contributed by atoms with Gasteiger partial charge in [0.05, 0.1) is 12.0 Å². The average molecular weight is 636 g/mol. The van der Waals surface area contributed by atoms with Gasteiger partial charge >= 0.3 is 0 Å². The summed E-state index contributed by atoms with van der Waals surface area (Å²) in [5, 5.41) is 5.95. The van der Waals surface area contributed by atoms with Crippen LogP contribution >= 0.6 is 0 Å². The zero-order valence-electron chi connectivity index (χ0n) is 26.5. The number of amides is 3. The molecule has 5 aromatic carbocycles. The molecule has 1 fully saturated rings. The van der Waals surface area contributed by atoms with E-state index >= 15 is 0 Å². The maximum atomic E-state index is 13.1. The largest absolute Gasteiger partial charge is 0.488 e. The standard InChI is InChI=1S/C41H37N3O4/c45-39(28-32-10-3-1-4-11-32)44-27-9-15-37(44)41(47)43-35-25-21-31(22-26-35)18-17-30-19-23-34(24-20-30)42-40(46)36-14-7-8-16-38(36)48-29-33-12-5-2-6-13-33/h1-8,10-14,16-26,37H,9,15,27-29H2,(H,42,46)(H,43,47)/t37-/m0/s1. The molecule has 0 saturated carbocycles. The number of benzene rings is 5. The Bertz CT molecular complexity index is 1870. The van der Waals surface area contributed by atoms with Gasteiger partial charge in [-0.2, -0.15) is 0 Å². The molecule has 3 amide bonds. The maximum absolute atomic E-state index is 13.1. The number of rotatable bonds is 11. The Morgan fingerprint density at radius 2 is 1.23 bits per heavy atom. The van der Waals surface area contributed by atoms with Gasteiger partial charge in [-0.05, 0) is 71.5 Å². The van der Waals surface area contributed by atoms with Gasteiger partial charge in [0.1, 0.15) is 18.4 Å². The van der Waals surface area contributed by atoms with Crippen LogP contribution in [0.2, 0.25) is 0 Å². The highest BCUT2D eigenvalue weighted by molar-refractivity contribution is 6.06. The van der Waals surface area contributed by atoms with Crippen LogP contribution in [0.1, 0.15) is 45.5 Å². The van der Waals surface area contributed by atoms with Crippen LogP contribution in [-0.2, 0) is 22.6 Å². The lowest BCUT2D eigenvalue weighted by atomic mass is 10.1. The summed E-state index contributed by atoms with van der Waals surface area (Å²) in [6.07, 6.45) is 5.74. The first-order valence-electron chi connectivity index (χ1n) is 16.1. The van der Waals surface area contributed by atoms with Gasteiger partial charge in [0.15, 0.2) is 0 Å². The van der Waals surface area contributed by atoms with Gasteiger partial charge in [0.25, 0.3) is 5.91 Å². The number of para-hydroxylation sites is 1. The van der Waals surface area contributed by atoms with Crippen LogP contribution in [0.5, 0.6) is 5.75 Å². The molecule has 240 valence electrons. The van der Waals surface area contributed by atoms with E-state index in [2.05, 4.69) is 10.6 Å². The van der Waals surface area contributed by atoms with Crippen molar-refractivity contribution in [2.45, 2.75) is 31.9 Å². The summed E-state index contributed by atoms with van der Waals surface area (Å²) >= 11 is 0. The number of carbonyl (C=O) groups excluding carboxylic acids is 3. The molecular formula is C41H37N3O4. The van der Waals surface area contributed by atoms with Gasteiger partial charge in [-0.3, -0.25) is 14.4 Å². The molecule has 0 aliphatic carbocycles. The van der Waals surface area contributed by atoms with E-state index in [1.165, 1.54) is 0 Å². The highest BCUT2D eigenvalue weighted by Crippen LogP contribution is 2.23. The summed E-state index contributed by atoms with van der Waals surface area (Å²) in [5.74, 6) is 0.101. The smallest absolute Gasteiger partial charge is 0.259 e. The number of hydrogen-bond donors (Lipinski definition) is 2. The Labute approximate surface area is 280 Å². The van der Waals surface area contributed by atoms with Gasteiger partial charge < -0.3 is 20.3 Å². The van der Waals surface area contributed by atoms with Crippen LogP contribution in [-0.4, -0.2) is 35.2 Å². The summed E-state index contributed by atoms with van der Waals surface area (Å²) in [7, 11) is 0. The van der Waals surface area contributed by atoms with E-state index in [1.807, 2.05) is 133 Å². The van der Waals surface area contributed by atoms with Crippen molar-refractivity contribution in [3.8, 4) is 5.75 Å². The molecule has 0 radical (unpaired) electrons. The topological polar surface area (TPSA) is 87.7 Å². The Morgan fingerprint density at radius 1 is 0.667 bits per heavy atom. The van der Waals surface area contributed by atoms with Crippen LogP contribution in [0.3, 0.4) is 0 Å². The third-order valence-corrected chi connectivity index (χ3v) is 8.26. The fourth-order valence-electron chi connectivity index (χ4n) is 5.70. The number of ether oxygens (including phenoxy) is 1. The number of carbonyl (C=O) groups is 3. The highest BCUT2D eigenvalue weighted by Gasteiger charge is 2.33. The number of likely N-dealkylation sites (tertiary alicyclic amines) is 1. The normalized spacial score (nSPS) is 14.1. The first kappa shape index (κ1) is 32.0. The molecule has 1 aliphatic heterocycles. The minimum absolute atomic E-state index is 0.0239. The molecule has 7 nitrogen and oxygen atoms in total. The Balaban J connectivity index is 1.00. The summed E-state index contributed by atoms with van der Waals surface area (Å²) in [4.78, 5) is 40.8. The van der Waals surface area contributed by atoms with E-state index < -0.39 is 6.04 Å². The molecule has 2 N–H and O–H groups in total. The van der Waals surface area contributed by atoms with Gasteiger partial charge in [0.2, 0.25) is 11.8 Å². The molecule has 48 heavy (non-hydrogen) atoms. The van der Waals surface area contributed by atoms with Crippen molar-refractivity contribution in [3.05, 3.63) is 161 Å². The SMILES string of the molecule is O=C(Nc1ccc(C=Cc2ccc(NC(=O)[C@@H]3CCCN3C(=O)Cc3ccccc3)cc2)cc1)c1ccccc1OCc1ccccc1. The van der Waals surface area contributed by atoms with Crippen molar-refractivity contribution in [3.63, 3.8) is 0 Å². The lowest BCUT2D eigenvalue weighted by Crippen LogP contribution is -2.43. The Morgan fingerprint density at radius 3 is 1.88 bits per heavy atom. The molecule has 0 bridgehead atoms. The van der Waals surface area contributed by atoms with Gasteiger partial charge in [-0.15, -0.1) is 0 Å². The predicted molar refractivity (Wildman–Crippen MR) is 190 cm³/mol. The van der Waals surface area contributed by atoms with Crippen LogP contribution in [0.25, 0.3) is 12.2 Å². The van der Waals surface area contributed by atoms with Crippen molar-refractivity contribution in [1.29, 1.82) is 0 Å². The molecular weight excluding hydrogens is 598 g/mol. The third kappa shape index (κ3) is 8.44. The lowest BCUT2D eigenvalue weighted by Gasteiger charge is -2.24. The van der Waals surface area contributed by atoms with Crippen LogP contribution < -0.4 is 15.4 Å². The second kappa shape index (κ2) is 15.6. The zero-order chi connectivity index (χ0) is 33.1. The molecule has 0 aromatic heterocycles. The summed E-state index contributed by atoms with van der Waals surface area (Å²) in [6.45, 7) is 0.972.